The molecule has 5 nitrogen and oxygen atoms in total. The van der Waals surface area contributed by atoms with Gasteiger partial charge in [-0.05, 0) is 30.3 Å². The SMILES string of the molecule is COc1cccc(NC(=O)COC(=O)c2ccc(Cl)c(Cl)c2)c1. The van der Waals surface area contributed by atoms with Crippen LogP contribution in [0.3, 0.4) is 0 Å². The minimum absolute atomic E-state index is 0.216. The largest absolute Gasteiger partial charge is 0.497 e. The summed E-state index contributed by atoms with van der Waals surface area (Å²) in [4.78, 5) is 23.6. The van der Waals surface area contributed by atoms with Gasteiger partial charge in [0.05, 0.1) is 22.7 Å². The smallest absolute Gasteiger partial charge is 0.338 e. The van der Waals surface area contributed by atoms with Gasteiger partial charge >= 0.3 is 5.97 Å². The average Bonchev–Trinajstić information content (AvgIpc) is 2.55. The highest BCUT2D eigenvalue weighted by Gasteiger charge is 2.12. The molecule has 0 aliphatic rings. The molecule has 2 rings (SSSR count). The third-order valence-corrected chi connectivity index (χ3v) is 3.58. The molecule has 1 amide bonds. The molecule has 120 valence electrons. The first-order chi connectivity index (χ1) is 11.0. The van der Waals surface area contributed by atoms with E-state index in [1.807, 2.05) is 0 Å². The van der Waals surface area contributed by atoms with Gasteiger partial charge in [0.25, 0.3) is 5.91 Å². The quantitative estimate of drug-likeness (QED) is 0.830. The van der Waals surface area contributed by atoms with Crippen LogP contribution in [0.25, 0.3) is 0 Å². The highest BCUT2D eigenvalue weighted by molar-refractivity contribution is 6.42. The summed E-state index contributed by atoms with van der Waals surface area (Å²) in [6.45, 7) is -0.420. The van der Waals surface area contributed by atoms with Crippen LogP contribution in [0.15, 0.2) is 42.5 Å². The number of hydrogen-bond acceptors (Lipinski definition) is 4. The molecule has 0 fully saturated rings. The van der Waals surface area contributed by atoms with Crippen molar-refractivity contribution in [3.63, 3.8) is 0 Å². The molecule has 0 aromatic heterocycles. The summed E-state index contributed by atoms with van der Waals surface area (Å²) in [5, 5.41) is 3.17. The molecule has 0 saturated heterocycles. The third-order valence-electron chi connectivity index (χ3n) is 2.84. The van der Waals surface area contributed by atoms with Gasteiger partial charge in [-0.3, -0.25) is 4.79 Å². The molecular formula is C16H13Cl2NO4. The topological polar surface area (TPSA) is 64.6 Å². The standard InChI is InChI=1S/C16H13Cl2NO4/c1-22-12-4-2-3-11(8-12)19-15(20)9-23-16(21)10-5-6-13(17)14(18)7-10/h2-8H,9H2,1H3,(H,19,20). The molecule has 1 N–H and O–H groups in total. The predicted molar refractivity (Wildman–Crippen MR) is 88.4 cm³/mol. The van der Waals surface area contributed by atoms with Gasteiger partial charge in [0.1, 0.15) is 5.75 Å². The molecule has 0 bridgehead atoms. The van der Waals surface area contributed by atoms with Gasteiger partial charge in [0.2, 0.25) is 0 Å². The fraction of sp³-hybridized carbons (Fsp3) is 0.125. The lowest BCUT2D eigenvalue weighted by Crippen LogP contribution is -2.20. The van der Waals surface area contributed by atoms with E-state index in [4.69, 9.17) is 32.7 Å². The van der Waals surface area contributed by atoms with Gasteiger partial charge in [-0.1, -0.05) is 29.3 Å². The summed E-state index contributed by atoms with van der Waals surface area (Å²) >= 11 is 11.6. The number of carbonyl (C=O) groups excluding carboxylic acids is 2. The van der Waals surface area contributed by atoms with Crippen molar-refractivity contribution in [2.75, 3.05) is 19.0 Å². The van der Waals surface area contributed by atoms with Crippen molar-refractivity contribution in [3.05, 3.63) is 58.1 Å². The van der Waals surface area contributed by atoms with Crippen LogP contribution in [0.2, 0.25) is 10.0 Å². The Morgan fingerprint density at radius 3 is 2.57 bits per heavy atom. The molecule has 0 unspecified atom stereocenters. The van der Waals surface area contributed by atoms with Crippen LogP contribution in [0.1, 0.15) is 10.4 Å². The van der Waals surface area contributed by atoms with Crippen molar-refractivity contribution in [1.29, 1.82) is 0 Å². The maximum absolute atomic E-state index is 11.8. The van der Waals surface area contributed by atoms with Gasteiger partial charge in [-0.2, -0.15) is 0 Å². The molecule has 2 aromatic carbocycles. The van der Waals surface area contributed by atoms with Crippen LogP contribution < -0.4 is 10.1 Å². The number of esters is 1. The summed E-state index contributed by atoms with van der Waals surface area (Å²) in [6.07, 6.45) is 0. The molecule has 0 saturated carbocycles. The number of halogens is 2. The van der Waals surface area contributed by atoms with E-state index in [0.29, 0.717) is 16.5 Å². The number of amides is 1. The normalized spacial score (nSPS) is 10.0. The minimum atomic E-state index is -0.663. The molecule has 0 radical (unpaired) electrons. The lowest BCUT2D eigenvalue weighted by atomic mass is 10.2. The molecule has 7 heteroatoms. The molecule has 0 heterocycles. The number of methoxy groups -OCH3 is 1. The lowest BCUT2D eigenvalue weighted by Gasteiger charge is -2.08. The Hall–Kier alpha value is -2.24. The maximum atomic E-state index is 11.8. The van der Waals surface area contributed by atoms with E-state index < -0.39 is 18.5 Å². The first-order valence-corrected chi connectivity index (χ1v) is 7.31. The highest BCUT2D eigenvalue weighted by atomic mass is 35.5. The molecule has 0 aliphatic carbocycles. The van der Waals surface area contributed by atoms with Crippen molar-refractivity contribution >= 4 is 40.8 Å². The number of anilines is 1. The van der Waals surface area contributed by atoms with Gasteiger partial charge in [0.15, 0.2) is 6.61 Å². The zero-order chi connectivity index (χ0) is 16.8. The second-order valence-electron chi connectivity index (χ2n) is 4.49. The number of carbonyl (C=O) groups is 2. The second-order valence-corrected chi connectivity index (χ2v) is 5.30. The summed E-state index contributed by atoms with van der Waals surface area (Å²) in [5.74, 6) is -0.522. The summed E-state index contributed by atoms with van der Waals surface area (Å²) in [5.41, 5.74) is 0.758. The van der Waals surface area contributed by atoms with Crippen molar-refractivity contribution in [3.8, 4) is 5.75 Å². The van der Waals surface area contributed by atoms with Crippen LogP contribution in [0, 0.1) is 0 Å². The van der Waals surface area contributed by atoms with Crippen molar-refractivity contribution in [1.82, 2.24) is 0 Å². The van der Waals surface area contributed by atoms with E-state index in [0.717, 1.165) is 0 Å². The van der Waals surface area contributed by atoms with Gasteiger partial charge in [-0.25, -0.2) is 4.79 Å². The van der Waals surface area contributed by atoms with Crippen molar-refractivity contribution in [2.45, 2.75) is 0 Å². The molecular weight excluding hydrogens is 341 g/mol. The van der Waals surface area contributed by atoms with E-state index in [1.54, 1.807) is 24.3 Å². The fourth-order valence-electron chi connectivity index (χ4n) is 1.74. The average molecular weight is 354 g/mol. The molecule has 0 atom stereocenters. The molecule has 0 aliphatic heterocycles. The van der Waals surface area contributed by atoms with Crippen LogP contribution >= 0.6 is 23.2 Å². The summed E-state index contributed by atoms with van der Waals surface area (Å²) < 4.78 is 9.98. The van der Waals surface area contributed by atoms with Gasteiger partial charge < -0.3 is 14.8 Å². The number of rotatable bonds is 5. The van der Waals surface area contributed by atoms with E-state index >= 15 is 0 Å². The molecule has 23 heavy (non-hydrogen) atoms. The summed E-state index contributed by atoms with van der Waals surface area (Å²) in [7, 11) is 1.53. The number of nitrogens with one attached hydrogen (secondary N) is 1. The number of hydrogen-bond donors (Lipinski definition) is 1. The number of benzene rings is 2. The zero-order valence-corrected chi connectivity index (χ0v) is 13.6. The minimum Gasteiger partial charge on any atom is -0.497 e. The van der Waals surface area contributed by atoms with Crippen molar-refractivity contribution in [2.24, 2.45) is 0 Å². The highest BCUT2D eigenvalue weighted by Crippen LogP contribution is 2.23. The Labute approximate surface area is 143 Å². The molecule has 0 spiro atoms. The zero-order valence-electron chi connectivity index (χ0n) is 12.1. The Morgan fingerprint density at radius 1 is 1.09 bits per heavy atom. The van der Waals surface area contributed by atoms with Gasteiger partial charge in [-0.15, -0.1) is 0 Å². The Bertz CT molecular complexity index is 734. The van der Waals surface area contributed by atoms with E-state index in [2.05, 4.69) is 5.32 Å². The van der Waals surface area contributed by atoms with E-state index in [1.165, 1.54) is 25.3 Å². The van der Waals surface area contributed by atoms with Crippen LogP contribution in [0.5, 0.6) is 5.75 Å². The number of ether oxygens (including phenoxy) is 2. The van der Waals surface area contributed by atoms with Crippen molar-refractivity contribution < 1.29 is 19.1 Å². The third kappa shape index (κ3) is 4.87. The predicted octanol–water partition coefficient (Wildman–Crippen LogP) is 3.80. The fourth-order valence-corrected chi connectivity index (χ4v) is 2.03. The first-order valence-electron chi connectivity index (χ1n) is 6.55. The Kier molecular flexibility index (Phi) is 5.84. The van der Waals surface area contributed by atoms with Crippen LogP contribution in [-0.4, -0.2) is 25.6 Å². The van der Waals surface area contributed by atoms with E-state index in [9.17, 15) is 9.59 Å². The lowest BCUT2D eigenvalue weighted by molar-refractivity contribution is -0.119. The second kappa shape index (κ2) is 7.85. The molecule has 2 aromatic rings. The summed E-state index contributed by atoms with van der Waals surface area (Å²) in [6, 6.07) is 11.2. The van der Waals surface area contributed by atoms with Crippen LogP contribution in [-0.2, 0) is 9.53 Å². The Balaban J connectivity index is 1.90. The van der Waals surface area contributed by atoms with Gasteiger partial charge in [0, 0.05) is 11.8 Å². The Morgan fingerprint density at radius 2 is 1.87 bits per heavy atom. The maximum Gasteiger partial charge on any atom is 0.338 e. The van der Waals surface area contributed by atoms with E-state index in [-0.39, 0.29) is 10.6 Å². The first kappa shape index (κ1) is 17.1. The van der Waals surface area contributed by atoms with Crippen LogP contribution in [0.4, 0.5) is 5.69 Å². The monoisotopic (exact) mass is 353 g/mol.